The molecule has 0 aliphatic carbocycles. The summed E-state index contributed by atoms with van der Waals surface area (Å²) in [5, 5.41) is 5.61. The number of nitrogens with one attached hydrogen (secondary N) is 1. The number of rotatable bonds is 4. The van der Waals surface area contributed by atoms with E-state index in [9.17, 15) is 0 Å². The highest BCUT2D eigenvalue weighted by Crippen LogP contribution is 2.21. The van der Waals surface area contributed by atoms with Crippen molar-refractivity contribution in [3.8, 4) is 0 Å². The maximum Gasteiger partial charge on any atom is 0.0701 e. The minimum Gasteiger partial charge on any atom is -0.305 e. The molecule has 1 N–H and O–H groups in total. The second-order valence-corrected chi connectivity index (χ2v) is 5.91. The molecule has 0 fully saturated rings. The van der Waals surface area contributed by atoms with E-state index in [2.05, 4.69) is 44.6 Å². The zero-order chi connectivity index (χ0) is 11.4. The largest absolute Gasteiger partial charge is 0.305 e. The van der Waals surface area contributed by atoms with Gasteiger partial charge < -0.3 is 5.32 Å². The van der Waals surface area contributed by atoms with Crippen LogP contribution in [0, 0.1) is 0 Å². The van der Waals surface area contributed by atoms with Crippen molar-refractivity contribution in [3.63, 3.8) is 0 Å². The molecule has 0 amide bonds. The molecule has 0 spiro atoms. The molecule has 2 nitrogen and oxygen atoms in total. The van der Waals surface area contributed by atoms with Crippen LogP contribution in [-0.2, 0) is 6.54 Å². The smallest absolute Gasteiger partial charge is 0.0701 e. The molecule has 0 saturated carbocycles. The van der Waals surface area contributed by atoms with Gasteiger partial charge in [-0.25, -0.2) is 0 Å². The average molecular weight is 297 g/mol. The van der Waals surface area contributed by atoms with Gasteiger partial charge in [-0.1, -0.05) is 6.07 Å². The van der Waals surface area contributed by atoms with E-state index in [-0.39, 0.29) is 6.04 Å². The van der Waals surface area contributed by atoms with Gasteiger partial charge in [0.15, 0.2) is 0 Å². The molecule has 0 aromatic carbocycles. The number of aromatic nitrogens is 1. The van der Waals surface area contributed by atoms with Gasteiger partial charge in [0, 0.05) is 18.8 Å². The Kier molecular flexibility index (Phi) is 4.09. The SMILES string of the molecule is C[C@@H](NCc1csc(Br)c1)c1ccccn1. The van der Waals surface area contributed by atoms with Gasteiger partial charge in [-0.2, -0.15) is 0 Å². The summed E-state index contributed by atoms with van der Waals surface area (Å²) in [5.74, 6) is 0. The van der Waals surface area contributed by atoms with E-state index < -0.39 is 0 Å². The molecule has 2 rings (SSSR count). The summed E-state index contributed by atoms with van der Waals surface area (Å²) in [6, 6.07) is 8.41. The summed E-state index contributed by atoms with van der Waals surface area (Å²) in [6.07, 6.45) is 1.83. The van der Waals surface area contributed by atoms with E-state index in [0.717, 1.165) is 12.2 Å². The Hall–Kier alpha value is -0.710. The fourth-order valence-corrected chi connectivity index (χ4v) is 2.66. The van der Waals surface area contributed by atoms with E-state index in [1.165, 1.54) is 9.35 Å². The van der Waals surface area contributed by atoms with E-state index in [0.29, 0.717) is 0 Å². The minimum atomic E-state index is 0.278. The second-order valence-electron chi connectivity index (χ2n) is 3.62. The van der Waals surface area contributed by atoms with E-state index >= 15 is 0 Å². The normalized spacial score (nSPS) is 12.6. The van der Waals surface area contributed by atoms with Crippen molar-refractivity contribution in [2.75, 3.05) is 0 Å². The molecule has 1 atom stereocenters. The van der Waals surface area contributed by atoms with Gasteiger partial charge in [-0.15, -0.1) is 11.3 Å². The van der Waals surface area contributed by atoms with Crippen molar-refractivity contribution in [2.45, 2.75) is 19.5 Å². The first-order chi connectivity index (χ1) is 7.75. The number of hydrogen-bond acceptors (Lipinski definition) is 3. The lowest BCUT2D eigenvalue weighted by Crippen LogP contribution is -2.18. The third kappa shape index (κ3) is 3.14. The Labute approximate surface area is 108 Å². The van der Waals surface area contributed by atoms with Crippen molar-refractivity contribution in [3.05, 3.63) is 50.9 Å². The van der Waals surface area contributed by atoms with Gasteiger partial charge in [0.05, 0.1) is 9.48 Å². The zero-order valence-electron chi connectivity index (χ0n) is 8.98. The Morgan fingerprint density at radius 1 is 1.50 bits per heavy atom. The lowest BCUT2D eigenvalue weighted by molar-refractivity contribution is 0.562. The van der Waals surface area contributed by atoms with Gasteiger partial charge in [0.25, 0.3) is 0 Å². The molecule has 0 unspecified atom stereocenters. The van der Waals surface area contributed by atoms with Crippen molar-refractivity contribution in [2.24, 2.45) is 0 Å². The van der Waals surface area contributed by atoms with Gasteiger partial charge in [-0.3, -0.25) is 4.98 Å². The van der Waals surface area contributed by atoms with Crippen LogP contribution in [0.15, 0.2) is 39.6 Å². The lowest BCUT2D eigenvalue weighted by Gasteiger charge is -2.12. The van der Waals surface area contributed by atoms with Gasteiger partial charge in [0.1, 0.15) is 0 Å². The van der Waals surface area contributed by atoms with Crippen molar-refractivity contribution >= 4 is 27.3 Å². The molecular formula is C12H13BrN2S. The fraction of sp³-hybridized carbons (Fsp3) is 0.250. The van der Waals surface area contributed by atoms with Crippen LogP contribution in [0.25, 0.3) is 0 Å². The summed E-state index contributed by atoms with van der Waals surface area (Å²) in [7, 11) is 0. The van der Waals surface area contributed by atoms with Crippen LogP contribution in [0.5, 0.6) is 0 Å². The molecule has 0 aliphatic heterocycles. The summed E-state index contributed by atoms with van der Waals surface area (Å²) < 4.78 is 1.18. The van der Waals surface area contributed by atoms with E-state index in [4.69, 9.17) is 0 Å². The summed E-state index contributed by atoms with van der Waals surface area (Å²) in [6.45, 7) is 3.00. The molecule has 0 aliphatic rings. The number of pyridine rings is 1. The molecule has 2 aromatic rings. The van der Waals surface area contributed by atoms with Gasteiger partial charge >= 0.3 is 0 Å². The highest BCUT2D eigenvalue weighted by atomic mass is 79.9. The van der Waals surface area contributed by atoms with Crippen LogP contribution in [0.4, 0.5) is 0 Å². The highest BCUT2D eigenvalue weighted by Gasteiger charge is 2.05. The molecule has 0 radical (unpaired) electrons. The Bertz CT molecular complexity index is 441. The number of hydrogen-bond donors (Lipinski definition) is 1. The molecule has 2 heterocycles. The maximum atomic E-state index is 4.33. The first-order valence-electron chi connectivity index (χ1n) is 5.13. The third-order valence-electron chi connectivity index (χ3n) is 2.37. The highest BCUT2D eigenvalue weighted by molar-refractivity contribution is 9.11. The number of thiophene rings is 1. The fourth-order valence-electron chi connectivity index (χ4n) is 1.45. The molecule has 16 heavy (non-hydrogen) atoms. The lowest BCUT2D eigenvalue weighted by atomic mass is 10.2. The van der Waals surface area contributed by atoms with Gasteiger partial charge in [-0.05, 0) is 52.0 Å². The molecular weight excluding hydrogens is 284 g/mol. The quantitative estimate of drug-likeness (QED) is 0.929. The third-order valence-corrected chi connectivity index (χ3v) is 3.92. The molecule has 0 bridgehead atoms. The van der Waals surface area contributed by atoms with Crippen LogP contribution < -0.4 is 5.32 Å². The average Bonchev–Trinajstić information content (AvgIpc) is 2.73. The zero-order valence-corrected chi connectivity index (χ0v) is 11.4. The molecule has 0 saturated heterocycles. The molecule has 84 valence electrons. The summed E-state index contributed by atoms with van der Waals surface area (Å²) >= 11 is 5.18. The first kappa shape index (κ1) is 11.8. The van der Waals surface area contributed by atoms with E-state index in [1.807, 2.05) is 24.4 Å². The van der Waals surface area contributed by atoms with E-state index in [1.54, 1.807) is 11.3 Å². The Morgan fingerprint density at radius 3 is 3.00 bits per heavy atom. The predicted molar refractivity (Wildman–Crippen MR) is 71.5 cm³/mol. The van der Waals surface area contributed by atoms with Crippen molar-refractivity contribution in [1.82, 2.24) is 10.3 Å². The van der Waals surface area contributed by atoms with Crippen LogP contribution in [0.2, 0.25) is 0 Å². The van der Waals surface area contributed by atoms with Crippen molar-refractivity contribution in [1.29, 1.82) is 0 Å². The topological polar surface area (TPSA) is 24.9 Å². The predicted octanol–water partition coefficient (Wildman–Crippen LogP) is 3.76. The molecule has 4 heteroatoms. The van der Waals surface area contributed by atoms with Crippen LogP contribution in [0.1, 0.15) is 24.2 Å². The molecule has 2 aromatic heterocycles. The second kappa shape index (κ2) is 5.57. The summed E-state index contributed by atoms with van der Waals surface area (Å²) in [5.41, 5.74) is 2.39. The standard InChI is InChI=1S/C12H13BrN2S/c1-9(11-4-2-3-5-14-11)15-7-10-6-12(13)16-8-10/h2-6,8-9,15H,7H2,1H3/t9-/m1/s1. The first-order valence-corrected chi connectivity index (χ1v) is 6.80. The Balaban J connectivity index is 1.91. The minimum absolute atomic E-state index is 0.278. The van der Waals surface area contributed by atoms with Crippen LogP contribution >= 0.6 is 27.3 Å². The van der Waals surface area contributed by atoms with Crippen molar-refractivity contribution < 1.29 is 0 Å². The number of halogens is 1. The Morgan fingerprint density at radius 2 is 2.38 bits per heavy atom. The monoisotopic (exact) mass is 296 g/mol. The maximum absolute atomic E-state index is 4.33. The van der Waals surface area contributed by atoms with Gasteiger partial charge in [0.2, 0.25) is 0 Å². The van der Waals surface area contributed by atoms with Crippen LogP contribution in [0.3, 0.4) is 0 Å². The number of nitrogens with zero attached hydrogens (tertiary/aromatic N) is 1. The van der Waals surface area contributed by atoms with Crippen LogP contribution in [-0.4, -0.2) is 4.98 Å². The summed E-state index contributed by atoms with van der Waals surface area (Å²) in [4.78, 5) is 4.33.